The Labute approximate surface area is 178 Å². The molecule has 0 aromatic carbocycles. The first-order valence-corrected chi connectivity index (χ1v) is 9.96. The molecule has 0 aliphatic heterocycles. The lowest BCUT2D eigenvalue weighted by atomic mass is 10.1. The van der Waals surface area contributed by atoms with E-state index < -0.39 is 49.2 Å². The summed E-state index contributed by atoms with van der Waals surface area (Å²) in [5.74, 6) is -16.1. The maximum Gasteiger partial charge on any atom is 0.462 e. The van der Waals surface area contributed by atoms with E-state index in [1.54, 1.807) is 13.8 Å². The van der Waals surface area contributed by atoms with Crippen LogP contribution in [-0.2, 0) is 9.53 Å². The molecule has 0 aliphatic rings. The zero-order valence-electron chi connectivity index (χ0n) is 17.5. The Morgan fingerprint density at radius 1 is 0.656 bits per heavy atom. The Balaban J connectivity index is 5.96. The van der Waals surface area contributed by atoms with Gasteiger partial charge in [-0.2, -0.15) is 48.3 Å². The summed E-state index contributed by atoms with van der Waals surface area (Å²) >= 11 is 0. The molecule has 1 amide bonds. The molecular weight excluding hydrogens is 471 g/mol. The number of halogens is 11. The summed E-state index contributed by atoms with van der Waals surface area (Å²) in [5, 5.41) is 0. The van der Waals surface area contributed by atoms with Gasteiger partial charge in [-0.05, 0) is 12.8 Å². The molecule has 0 saturated carbocycles. The summed E-state index contributed by atoms with van der Waals surface area (Å²) in [5.41, 5.74) is 0. The van der Waals surface area contributed by atoms with E-state index in [-0.39, 0.29) is 17.7 Å². The first kappa shape index (κ1) is 30.7. The number of ether oxygens (including phenoxy) is 1. The van der Waals surface area contributed by atoms with E-state index in [9.17, 15) is 53.1 Å². The highest BCUT2D eigenvalue weighted by molar-refractivity contribution is 5.84. The van der Waals surface area contributed by atoms with E-state index in [4.69, 9.17) is 0 Å². The van der Waals surface area contributed by atoms with Crippen molar-refractivity contribution in [3.8, 4) is 0 Å². The third-order valence-electron chi connectivity index (χ3n) is 4.48. The minimum atomic E-state index is -7.20. The molecule has 0 spiro atoms. The molecule has 0 N–H and O–H groups in total. The van der Waals surface area contributed by atoms with Crippen molar-refractivity contribution < 1.29 is 57.8 Å². The number of rotatable bonds is 14. The van der Waals surface area contributed by atoms with Crippen LogP contribution in [0.5, 0.6) is 0 Å². The van der Waals surface area contributed by atoms with Gasteiger partial charge >= 0.3 is 30.2 Å². The Morgan fingerprint density at radius 3 is 1.38 bits per heavy atom. The molecule has 0 aromatic heterocycles. The highest BCUT2D eigenvalue weighted by Gasteiger charge is 2.79. The molecule has 1 atom stereocenters. The summed E-state index contributed by atoms with van der Waals surface area (Å²) in [4.78, 5) is 12.4. The first-order chi connectivity index (χ1) is 14.4. The number of carbonyl (C=O) groups is 1. The average Bonchev–Trinajstić information content (AvgIpc) is 2.63. The predicted molar refractivity (Wildman–Crippen MR) is 91.8 cm³/mol. The van der Waals surface area contributed by atoms with Gasteiger partial charge in [-0.1, -0.05) is 52.4 Å². The minimum Gasteiger partial charge on any atom is -0.337 e. The van der Waals surface area contributed by atoms with Crippen molar-refractivity contribution in [2.24, 2.45) is 0 Å². The molecular formula is C18H26F11NO2. The lowest BCUT2D eigenvalue weighted by Crippen LogP contribution is -2.64. The molecule has 32 heavy (non-hydrogen) atoms. The molecule has 0 rings (SSSR count). The van der Waals surface area contributed by atoms with Gasteiger partial charge in [0.25, 0.3) is 5.91 Å². The van der Waals surface area contributed by atoms with Crippen molar-refractivity contribution in [2.75, 3.05) is 13.1 Å². The van der Waals surface area contributed by atoms with Gasteiger partial charge in [-0.3, -0.25) is 9.53 Å². The topological polar surface area (TPSA) is 29.5 Å². The SMILES string of the molecule is CCCCCCN(CCCCCC)C(=O)[C@](F)(OC(F)(F)C(F)(F)C(F)(F)F)C(F)(F)F. The van der Waals surface area contributed by atoms with E-state index in [1.807, 2.05) is 0 Å². The number of unbranched alkanes of at least 4 members (excludes halogenated alkanes) is 6. The van der Waals surface area contributed by atoms with E-state index in [2.05, 4.69) is 4.74 Å². The highest BCUT2D eigenvalue weighted by Crippen LogP contribution is 2.51. The maximum atomic E-state index is 14.6. The first-order valence-electron chi connectivity index (χ1n) is 9.96. The molecule has 0 unspecified atom stereocenters. The quantitative estimate of drug-likeness (QED) is 0.191. The lowest BCUT2D eigenvalue weighted by Gasteiger charge is -2.36. The lowest BCUT2D eigenvalue weighted by molar-refractivity contribution is -0.473. The van der Waals surface area contributed by atoms with Gasteiger partial charge in [0, 0.05) is 13.1 Å². The van der Waals surface area contributed by atoms with Crippen LogP contribution in [0, 0.1) is 0 Å². The Bertz CT molecular complexity index is 566. The van der Waals surface area contributed by atoms with Crippen LogP contribution in [0.3, 0.4) is 0 Å². The number of nitrogens with zero attached hydrogens (tertiary/aromatic N) is 1. The van der Waals surface area contributed by atoms with Crippen LogP contribution in [-0.4, -0.2) is 54.1 Å². The van der Waals surface area contributed by atoms with Crippen LogP contribution in [0.4, 0.5) is 48.3 Å². The monoisotopic (exact) mass is 497 g/mol. The number of hydrogen-bond donors (Lipinski definition) is 0. The van der Waals surface area contributed by atoms with Gasteiger partial charge in [0.1, 0.15) is 0 Å². The van der Waals surface area contributed by atoms with Crippen molar-refractivity contribution in [1.82, 2.24) is 4.90 Å². The second-order valence-electron chi connectivity index (χ2n) is 7.20. The summed E-state index contributed by atoms with van der Waals surface area (Å²) in [6.07, 6.45) is -17.5. The summed E-state index contributed by atoms with van der Waals surface area (Å²) in [6.45, 7) is 2.44. The van der Waals surface area contributed by atoms with Crippen LogP contribution in [0.15, 0.2) is 0 Å². The fourth-order valence-corrected chi connectivity index (χ4v) is 2.61. The molecule has 0 aliphatic carbocycles. The van der Waals surface area contributed by atoms with Crippen molar-refractivity contribution in [2.45, 2.75) is 95.5 Å². The van der Waals surface area contributed by atoms with Gasteiger partial charge in [-0.25, -0.2) is 0 Å². The normalized spacial score (nSPS) is 15.5. The Morgan fingerprint density at radius 2 is 1.06 bits per heavy atom. The van der Waals surface area contributed by atoms with Crippen LogP contribution < -0.4 is 0 Å². The number of amides is 1. The number of carbonyl (C=O) groups excluding carboxylic acids is 1. The minimum absolute atomic E-state index is 0.0242. The highest BCUT2D eigenvalue weighted by atomic mass is 19.4. The van der Waals surface area contributed by atoms with Gasteiger partial charge < -0.3 is 4.90 Å². The average molecular weight is 497 g/mol. The number of hydrogen-bond acceptors (Lipinski definition) is 2. The molecule has 3 nitrogen and oxygen atoms in total. The summed E-state index contributed by atoms with van der Waals surface area (Å²) in [7, 11) is 0. The van der Waals surface area contributed by atoms with Crippen molar-refractivity contribution in [3.05, 3.63) is 0 Å². The van der Waals surface area contributed by atoms with Crippen molar-refractivity contribution in [3.63, 3.8) is 0 Å². The summed E-state index contributed by atoms with van der Waals surface area (Å²) < 4.78 is 146. The number of alkyl halides is 11. The van der Waals surface area contributed by atoms with Crippen LogP contribution >= 0.6 is 0 Å². The molecule has 0 radical (unpaired) electrons. The van der Waals surface area contributed by atoms with Crippen molar-refractivity contribution in [1.29, 1.82) is 0 Å². The van der Waals surface area contributed by atoms with Gasteiger partial charge in [0.2, 0.25) is 0 Å². The molecule has 0 fully saturated rings. The van der Waals surface area contributed by atoms with Gasteiger partial charge in [0.15, 0.2) is 0 Å². The van der Waals surface area contributed by atoms with E-state index >= 15 is 0 Å². The molecule has 14 heteroatoms. The van der Waals surface area contributed by atoms with Crippen molar-refractivity contribution >= 4 is 5.91 Å². The Hall–Kier alpha value is -1.34. The predicted octanol–water partition coefficient (Wildman–Crippen LogP) is 7.01. The van der Waals surface area contributed by atoms with E-state index in [0.29, 0.717) is 38.5 Å². The Kier molecular flexibility index (Phi) is 11.2. The standard InChI is InChI=1S/C18H26F11NO2/c1-3-5-7-9-11-30(12-10-8-6-4-2)13(31)14(19,16(22,23)24)32-18(28,29)15(20,21)17(25,26)27/h3-12H2,1-2H3/t14-/m0/s1. The molecule has 192 valence electrons. The zero-order valence-corrected chi connectivity index (χ0v) is 17.5. The zero-order chi connectivity index (χ0) is 25.4. The van der Waals surface area contributed by atoms with E-state index in [1.165, 1.54) is 0 Å². The fraction of sp³-hybridized carbons (Fsp3) is 0.944. The van der Waals surface area contributed by atoms with Crippen LogP contribution in [0.25, 0.3) is 0 Å². The second kappa shape index (κ2) is 11.7. The van der Waals surface area contributed by atoms with Gasteiger partial charge in [0.05, 0.1) is 0 Å². The van der Waals surface area contributed by atoms with E-state index in [0.717, 1.165) is 0 Å². The maximum absolute atomic E-state index is 14.6. The largest absolute Gasteiger partial charge is 0.462 e. The summed E-state index contributed by atoms with van der Waals surface area (Å²) in [6, 6.07) is 0. The molecule has 0 aromatic rings. The van der Waals surface area contributed by atoms with Crippen LogP contribution in [0.1, 0.15) is 65.2 Å². The molecule has 0 heterocycles. The fourth-order valence-electron chi connectivity index (χ4n) is 2.61. The smallest absolute Gasteiger partial charge is 0.337 e. The third-order valence-corrected chi connectivity index (χ3v) is 4.48. The van der Waals surface area contributed by atoms with Gasteiger partial charge in [-0.15, -0.1) is 0 Å². The molecule has 0 saturated heterocycles. The second-order valence-corrected chi connectivity index (χ2v) is 7.20. The third kappa shape index (κ3) is 7.62. The van der Waals surface area contributed by atoms with Crippen LogP contribution in [0.2, 0.25) is 0 Å². The molecule has 0 bridgehead atoms.